The Morgan fingerprint density at radius 2 is 1.97 bits per heavy atom. The molecule has 156 valence electrons. The van der Waals surface area contributed by atoms with Crippen molar-refractivity contribution in [1.29, 1.82) is 0 Å². The lowest BCUT2D eigenvalue weighted by atomic mass is 9.85. The van der Waals surface area contributed by atoms with Crippen LogP contribution < -0.4 is 10.6 Å². The van der Waals surface area contributed by atoms with Crippen molar-refractivity contribution in [2.24, 2.45) is 4.99 Å². The maximum atomic E-state index is 13.6. The topological polar surface area (TPSA) is 66.6 Å². The molecule has 2 heterocycles. The molecule has 6 nitrogen and oxygen atoms in total. The number of aliphatic imine (C=N–C) groups is 1. The highest BCUT2D eigenvalue weighted by Crippen LogP contribution is 2.24. The molecule has 0 amide bonds. The summed E-state index contributed by atoms with van der Waals surface area (Å²) >= 11 is 0. The second-order valence-electron chi connectivity index (χ2n) is 7.31. The average molecular weight is 510 g/mol. The van der Waals surface area contributed by atoms with E-state index in [-0.39, 0.29) is 35.2 Å². The highest BCUT2D eigenvalue weighted by atomic mass is 127. The van der Waals surface area contributed by atoms with Crippen molar-refractivity contribution in [3.8, 4) is 0 Å². The van der Waals surface area contributed by atoms with E-state index in [0.717, 1.165) is 36.0 Å². The predicted molar refractivity (Wildman–Crippen MR) is 126 cm³/mol. The number of aromatic nitrogens is 3. The first-order valence-corrected chi connectivity index (χ1v) is 9.56. The lowest BCUT2D eigenvalue weighted by Gasteiger charge is -2.24. The normalized spacial score (nSPS) is 11.9. The Balaban J connectivity index is 0.00000300. The van der Waals surface area contributed by atoms with Crippen LogP contribution in [-0.4, -0.2) is 40.2 Å². The highest BCUT2D eigenvalue weighted by molar-refractivity contribution is 14.0. The van der Waals surface area contributed by atoms with Gasteiger partial charge in [-0.25, -0.2) is 4.39 Å². The van der Waals surface area contributed by atoms with Gasteiger partial charge in [-0.3, -0.25) is 9.39 Å². The molecule has 0 unspecified atom stereocenters. The number of guanidine groups is 1. The SMILES string of the molecule is CCNC(=NCC(C)(C)c1cccc(F)c1)NCCc1nnc2ccccn12.I. The summed E-state index contributed by atoms with van der Waals surface area (Å²) in [5, 5.41) is 15.0. The summed E-state index contributed by atoms with van der Waals surface area (Å²) in [6, 6.07) is 12.6. The van der Waals surface area contributed by atoms with E-state index in [0.29, 0.717) is 13.1 Å². The summed E-state index contributed by atoms with van der Waals surface area (Å²) in [6.45, 7) is 8.15. The molecule has 0 saturated heterocycles. The van der Waals surface area contributed by atoms with E-state index in [1.54, 1.807) is 12.1 Å². The molecular formula is C21H28FIN6. The number of pyridine rings is 1. The van der Waals surface area contributed by atoms with Crippen LogP contribution in [0.4, 0.5) is 4.39 Å². The van der Waals surface area contributed by atoms with Gasteiger partial charge in [0.2, 0.25) is 0 Å². The molecule has 0 fully saturated rings. The Bertz CT molecular complexity index is 953. The van der Waals surface area contributed by atoms with Crippen LogP contribution in [0.15, 0.2) is 53.7 Å². The Morgan fingerprint density at radius 1 is 1.14 bits per heavy atom. The molecule has 0 spiro atoms. The molecule has 2 N–H and O–H groups in total. The molecule has 0 bridgehead atoms. The quantitative estimate of drug-likeness (QED) is 0.290. The summed E-state index contributed by atoms with van der Waals surface area (Å²) in [4.78, 5) is 4.70. The van der Waals surface area contributed by atoms with Crippen LogP contribution in [0.2, 0.25) is 0 Å². The molecule has 0 atom stereocenters. The Labute approximate surface area is 188 Å². The first-order valence-electron chi connectivity index (χ1n) is 9.56. The summed E-state index contributed by atoms with van der Waals surface area (Å²) in [6.07, 6.45) is 2.69. The number of benzene rings is 1. The number of nitrogens with zero attached hydrogens (tertiary/aromatic N) is 4. The molecule has 3 aromatic rings. The molecule has 0 aliphatic rings. The van der Waals surface area contributed by atoms with Gasteiger partial charge in [-0.05, 0) is 36.8 Å². The van der Waals surface area contributed by atoms with Crippen LogP contribution in [-0.2, 0) is 11.8 Å². The minimum atomic E-state index is -0.270. The van der Waals surface area contributed by atoms with Crippen LogP contribution in [0.3, 0.4) is 0 Å². The van der Waals surface area contributed by atoms with E-state index in [4.69, 9.17) is 4.99 Å². The number of hydrogen-bond acceptors (Lipinski definition) is 3. The van der Waals surface area contributed by atoms with E-state index in [1.807, 2.05) is 41.8 Å². The molecule has 0 aliphatic heterocycles. The maximum absolute atomic E-state index is 13.6. The lowest BCUT2D eigenvalue weighted by Crippen LogP contribution is -2.39. The van der Waals surface area contributed by atoms with Gasteiger partial charge in [-0.2, -0.15) is 0 Å². The van der Waals surface area contributed by atoms with E-state index in [9.17, 15) is 4.39 Å². The molecule has 1 aromatic carbocycles. The van der Waals surface area contributed by atoms with Gasteiger partial charge in [0.1, 0.15) is 11.6 Å². The summed E-state index contributed by atoms with van der Waals surface area (Å²) in [7, 11) is 0. The fraction of sp³-hybridized carbons (Fsp3) is 0.381. The molecular weight excluding hydrogens is 482 g/mol. The molecule has 0 aliphatic carbocycles. The van der Waals surface area contributed by atoms with Gasteiger partial charge < -0.3 is 10.6 Å². The van der Waals surface area contributed by atoms with Crippen molar-refractivity contribution in [3.05, 3.63) is 65.9 Å². The van der Waals surface area contributed by atoms with Gasteiger partial charge in [-0.1, -0.05) is 32.0 Å². The third-order valence-corrected chi connectivity index (χ3v) is 4.61. The van der Waals surface area contributed by atoms with Gasteiger partial charge in [0.05, 0.1) is 6.54 Å². The van der Waals surface area contributed by atoms with Gasteiger partial charge in [0, 0.05) is 31.1 Å². The molecule has 3 rings (SSSR count). The zero-order chi connectivity index (χ0) is 20.0. The molecule has 2 aromatic heterocycles. The van der Waals surface area contributed by atoms with Crippen LogP contribution in [0.1, 0.15) is 32.2 Å². The predicted octanol–water partition coefficient (Wildman–Crippen LogP) is 3.56. The highest BCUT2D eigenvalue weighted by Gasteiger charge is 2.21. The monoisotopic (exact) mass is 510 g/mol. The van der Waals surface area contributed by atoms with Crippen LogP contribution in [0.5, 0.6) is 0 Å². The van der Waals surface area contributed by atoms with Gasteiger partial charge in [-0.15, -0.1) is 34.2 Å². The van der Waals surface area contributed by atoms with Crippen molar-refractivity contribution in [3.63, 3.8) is 0 Å². The summed E-state index contributed by atoms with van der Waals surface area (Å²) in [5.74, 6) is 1.42. The average Bonchev–Trinajstić information content (AvgIpc) is 3.09. The number of fused-ring (bicyclic) bond motifs is 1. The number of halogens is 2. The van der Waals surface area contributed by atoms with E-state index in [2.05, 4.69) is 34.7 Å². The first kappa shape index (κ1) is 23.1. The van der Waals surface area contributed by atoms with Crippen molar-refractivity contribution >= 4 is 35.6 Å². The number of nitrogens with one attached hydrogen (secondary N) is 2. The third-order valence-electron chi connectivity index (χ3n) is 4.61. The lowest BCUT2D eigenvalue weighted by molar-refractivity contribution is 0.529. The fourth-order valence-corrected chi connectivity index (χ4v) is 2.97. The van der Waals surface area contributed by atoms with Crippen molar-refractivity contribution in [2.75, 3.05) is 19.6 Å². The van der Waals surface area contributed by atoms with Gasteiger partial charge >= 0.3 is 0 Å². The van der Waals surface area contributed by atoms with Gasteiger partial charge in [0.15, 0.2) is 11.6 Å². The fourth-order valence-electron chi connectivity index (χ4n) is 2.97. The Kier molecular flexibility index (Phi) is 8.36. The standard InChI is InChI=1S/C21H27FN6.HI/c1-4-23-20(25-15-21(2,3)16-8-7-9-17(22)14-16)24-12-11-19-27-26-18-10-5-6-13-28(18)19;/h5-10,13-14H,4,11-12,15H2,1-3H3,(H2,23,24,25);1H. The third kappa shape index (κ3) is 6.12. The second kappa shape index (κ2) is 10.5. The Hall–Kier alpha value is -2.23. The second-order valence-corrected chi connectivity index (χ2v) is 7.31. The van der Waals surface area contributed by atoms with Crippen molar-refractivity contribution in [1.82, 2.24) is 25.2 Å². The van der Waals surface area contributed by atoms with Crippen LogP contribution in [0, 0.1) is 5.82 Å². The largest absolute Gasteiger partial charge is 0.357 e. The summed E-state index contributed by atoms with van der Waals surface area (Å²) in [5.41, 5.74) is 1.50. The first-order chi connectivity index (χ1) is 13.5. The van der Waals surface area contributed by atoms with Crippen molar-refractivity contribution < 1.29 is 4.39 Å². The zero-order valence-electron chi connectivity index (χ0n) is 17.0. The Morgan fingerprint density at radius 3 is 2.72 bits per heavy atom. The maximum Gasteiger partial charge on any atom is 0.191 e. The van der Waals surface area contributed by atoms with Gasteiger partial charge in [0.25, 0.3) is 0 Å². The summed E-state index contributed by atoms with van der Waals surface area (Å²) < 4.78 is 15.5. The van der Waals surface area contributed by atoms with E-state index < -0.39 is 0 Å². The molecule has 0 radical (unpaired) electrons. The molecule has 0 saturated carbocycles. The zero-order valence-corrected chi connectivity index (χ0v) is 19.4. The smallest absolute Gasteiger partial charge is 0.191 e. The van der Waals surface area contributed by atoms with E-state index >= 15 is 0 Å². The minimum absolute atomic E-state index is 0. The van der Waals surface area contributed by atoms with Crippen LogP contribution in [0.25, 0.3) is 5.65 Å². The van der Waals surface area contributed by atoms with E-state index in [1.165, 1.54) is 6.07 Å². The molecule has 29 heavy (non-hydrogen) atoms. The number of hydrogen-bond donors (Lipinski definition) is 2. The minimum Gasteiger partial charge on any atom is -0.357 e. The van der Waals surface area contributed by atoms with Crippen molar-refractivity contribution in [2.45, 2.75) is 32.6 Å². The molecule has 8 heteroatoms. The van der Waals surface area contributed by atoms with Crippen LogP contribution >= 0.6 is 24.0 Å². The number of rotatable bonds is 7.